The molecule has 5 nitrogen and oxygen atoms in total. The predicted molar refractivity (Wildman–Crippen MR) is 78.3 cm³/mol. The number of carbonyl (C=O) groups is 1. The van der Waals surface area contributed by atoms with Gasteiger partial charge in [0.25, 0.3) is 5.91 Å². The van der Waals surface area contributed by atoms with Crippen LogP contribution < -0.4 is 0 Å². The first-order valence-corrected chi connectivity index (χ1v) is 7.10. The van der Waals surface area contributed by atoms with Crippen molar-refractivity contribution in [3.05, 3.63) is 47.8 Å². The van der Waals surface area contributed by atoms with Crippen molar-refractivity contribution < 1.29 is 15.0 Å². The van der Waals surface area contributed by atoms with E-state index in [1.165, 1.54) is 12.1 Å². The van der Waals surface area contributed by atoms with Gasteiger partial charge < -0.3 is 19.7 Å². The molecule has 1 aromatic heterocycles. The molecule has 2 aromatic rings. The van der Waals surface area contributed by atoms with Crippen LogP contribution in [0.25, 0.3) is 0 Å². The van der Waals surface area contributed by atoms with Gasteiger partial charge in [-0.3, -0.25) is 4.79 Å². The Morgan fingerprint density at radius 1 is 1.24 bits per heavy atom. The molecule has 0 saturated carbocycles. The first kappa shape index (κ1) is 13.5. The van der Waals surface area contributed by atoms with E-state index >= 15 is 0 Å². The molecule has 0 fully saturated rings. The summed E-state index contributed by atoms with van der Waals surface area (Å²) in [5.74, 6) is -0.865. The lowest BCUT2D eigenvalue weighted by Crippen LogP contribution is -2.41. The van der Waals surface area contributed by atoms with Crippen molar-refractivity contribution in [3.8, 4) is 11.5 Å². The Morgan fingerprint density at radius 2 is 2.05 bits per heavy atom. The molecule has 0 spiro atoms. The molecule has 2 N–H and O–H groups in total. The fraction of sp³-hybridized carbons (Fsp3) is 0.312. The third kappa shape index (κ3) is 2.14. The Kier molecular flexibility index (Phi) is 3.33. The number of aromatic hydroxyl groups is 2. The van der Waals surface area contributed by atoms with Gasteiger partial charge in [0.05, 0.1) is 11.6 Å². The monoisotopic (exact) mass is 286 g/mol. The average Bonchev–Trinajstić information content (AvgIpc) is 2.96. The van der Waals surface area contributed by atoms with E-state index in [1.807, 2.05) is 25.3 Å². The number of hydrogen-bond donors (Lipinski definition) is 2. The molecular weight excluding hydrogens is 268 g/mol. The Bertz CT molecular complexity index is 678. The molecule has 110 valence electrons. The van der Waals surface area contributed by atoms with E-state index < -0.39 is 0 Å². The minimum absolute atomic E-state index is 0.0111. The summed E-state index contributed by atoms with van der Waals surface area (Å²) in [6, 6.07) is 8.47. The van der Waals surface area contributed by atoms with Crippen molar-refractivity contribution in [2.24, 2.45) is 0 Å². The molecule has 5 heteroatoms. The van der Waals surface area contributed by atoms with Gasteiger partial charge in [0.15, 0.2) is 11.5 Å². The molecule has 2 heterocycles. The quantitative estimate of drug-likeness (QED) is 0.834. The number of carbonyl (C=O) groups excluding carboxylic acids is 1. The van der Waals surface area contributed by atoms with E-state index in [0.29, 0.717) is 6.54 Å². The topological polar surface area (TPSA) is 65.7 Å². The summed E-state index contributed by atoms with van der Waals surface area (Å²) in [7, 11) is 0. The third-order valence-corrected chi connectivity index (χ3v) is 4.06. The van der Waals surface area contributed by atoms with Crippen LogP contribution in [0.4, 0.5) is 0 Å². The lowest BCUT2D eigenvalue weighted by atomic mass is 10.0. The number of aromatic nitrogens is 1. The van der Waals surface area contributed by atoms with Crippen molar-refractivity contribution in [1.82, 2.24) is 9.47 Å². The number of phenolic OH excluding ortho intramolecular Hbond substituents is 2. The number of benzene rings is 1. The molecule has 0 saturated heterocycles. The molecule has 0 bridgehead atoms. The average molecular weight is 286 g/mol. The van der Waals surface area contributed by atoms with Crippen molar-refractivity contribution in [2.45, 2.75) is 25.9 Å². The number of hydrogen-bond acceptors (Lipinski definition) is 3. The molecule has 1 aliphatic heterocycles. The zero-order valence-electron chi connectivity index (χ0n) is 11.9. The zero-order valence-corrected chi connectivity index (χ0v) is 11.9. The molecule has 3 rings (SSSR count). The van der Waals surface area contributed by atoms with Crippen LogP contribution in [0, 0.1) is 0 Å². The zero-order chi connectivity index (χ0) is 15.0. The molecule has 0 radical (unpaired) electrons. The number of phenols is 2. The molecule has 1 aliphatic rings. The van der Waals surface area contributed by atoms with Crippen molar-refractivity contribution in [2.75, 3.05) is 6.54 Å². The fourth-order valence-corrected chi connectivity index (χ4v) is 3.00. The normalized spacial score (nSPS) is 17.6. The van der Waals surface area contributed by atoms with E-state index in [-0.39, 0.29) is 29.0 Å². The highest BCUT2D eigenvalue weighted by Gasteiger charge is 2.31. The Morgan fingerprint density at radius 3 is 2.81 bits per heavy atom. The highest BCUT2D eigenvalue weighted by atomic mass is 16.3. The number of nitrogens with zero attached hydrogens (tertiary/aromatic N) is 2. The van der Waals surface area contributed by atoms with E-state index in [9.17, 15) is 15.0 Å². The van der Waals surface area contributed by atoms with Crippen LogP contribution in [0.3, 0.4) is 0 Å². The van der Waals surface area contributed by atoms with Gasteiger partial charge in [-0.2, -0.15) is 0 Å². The third-order valence-electron chi connectivity index (χ3n) is 4.06. The Hall–Kier alpha value is -2.43. The maximum Gasteiger partial charge on any atom is 0.258 e. The smallest absolute Gasteiger partial charge is 0.258 e. The lowest BCUT2D eigenvalue weighted by molar-refractivity contribution is 0.0614. The summed E-state index contributed by atoms with van der Waals surface area (Å²) in [5, 5.41) is 19.5. The molecule has 0 aliphatic carbocycles. The Labute approximate surface area is 123 Å². The maximum absolute atomic E-state index is 12.7. The highest BCUT2D eigenvalue weighted by Crippen LogP contribution is 2.34. The van der Waals surface area contributed by atoms with Gasteiger partial charge >= 0.3 is 0 Å². The van der Waals surface area contributed by atoms with Gasteiger partial charge in [0, 0.05) is 25.0 Å². The van der Waals surface area contributed by atoms with Gasteiger partial charge in [-0.05, 0) is 30.7 Å². The standard InChI is InChI=1S/C16H18N2O3/c1-2-12-13-6-4-8-17(13)9-10-18(12)16(21)11-5-3-7-14(19)15(11)20/h3-8,12,19-20H,2,9-10H2,1H3/t12-/m0/s1. The summed E-state index contributed by atoms with van der Waals surface area (Å²) in [5.41, 5.74) is 1.25. The van der Waals surface area contributed by atoms with Crippen LogP contribution in [-0.4, -0.2) is 32.1 Å². The predicted octanol–water partition coefficient (Wildman–Crippen LogP) is 2.51. The molecule has 0 unspecified atom stereocenters. The van der Waals surface area contributed by atoms with Crippen LogP contribution in [0.5, 0.6) is 11.5 Å². The number of fused-ring (bicyclic) bond motifs is 1. The summed E-state index contributed by atoms with van der Waals surface area (Å²) in [6.45, 7) is 3.37. The summed E-state index contributed by atoms with van der Waals surface area (Å²) < 4.78 is 2.15. The first-order valence-electron chi connectivity index (χ1n) is 7.10. The van der Waals surface area contributed by atoms with Gasteiger partial charge in [0.1, 0.15) is 0 Å². The summed E-state index contributed by atoms with van der Waals surface area (Å²) in [6.07, 6.45) is 2.82. The number of para-hydroxylation sites is 1. The molecule has 1 aromatic carbocycles. The Balaban J connectivity index is 1.97. The number of amides is 1. The van der Waals surface area contributed by atoms with Gasteiger partial charge in [-0.25, -0.2) is 0 Å². The fourth-order valence-electron chi connectivity index (χ4n) is 3.00. The first-order chi connectivity index (χ1) is 10.1. The highest BCUT2D eigenvalue weighted by molar-refractivity contribution is 5.97. The van der Waals surface area contributed by atoms with Gasteiger partial charge in [-0.15, -0.1) is 0 Å². The summed E-state index contributed by atoms with van der Waals surface area (Å²) in [4.78, 5) is 14.5. The SMILES string of the molecule is CC[C@H]1c2cccn2CCN1C(=O)c1cccc(O)c1O. The maximum atomic E-state index is 12.7. The van der Waals surface area contributed by atoms with E-state index in [4.69, 9.17) is 0 Å². The van der Waals surface area contributed by atoms with Crippen LogP contribution in [0.1, 0.15) is 35.4 Å². The van der Waals surface area contributed by atoms with Crippen LogP contribution >= 0.6 is 0 Å². The molecular formula is C16H18N2O3. The van der Waals surface area contributed by atoms with Crippen molar-refractivity contribution in [3.63, 3.8) is 0 Å². The second kappa shape index (κ2) is 5.16. The van der Waals surface area contributed by atoms with E-state index in [1.54, 1.807) is 11.0 Å². The van der Waals surface area contributed by atoms with Crippen LogP contribution in [-0.2, 0) is 6.54 Å². The molecule has 1 atom stereocenters. The minimum atomic E-state index is -0.349. The second-order valence-electron chi connectivity index (χ2n) is 5.22. The summed E-state index contributed by atoms with van der Waals surface area (Å²) >= 11 is 0. The van der Waals surface area contributed by atoms with Crippen molar-refractivity contribution in [1.29, 1.82) is 0 Å². The van der Waals surface area contributed by atoms with Gasteiger partial charge in [0.2, 0.25) is 0 Å². The van der Waals surface area contributed by atoms with Gasteiger partial charge in [-0.1, -0.05) is 13.0 Å². The van der Waals surface area contributed by atoms with E-state index in [0.717, 1.165) is 18.7 Å². The van der Waals surface area contributed by atoms with Crippen LogP contribution in [0.2, 0.25) is 0 Å². The molecule has 1 amide bonds. The van der Waals surface area contributed by atoms with Crippen LogP contribution in [0.15, 0.2) is 36.5 Å². The minimum Gasteiger partial charge on any atom is -0.504 e. The van der Waals surface area contributed by atoms with E-state index in [2.05, 4.69) is 4.57 Å². The lowest BCUT2D eigenvalue weighted by Gasteiger charge is -2.36. The second-order valence-corrected chi connectivity index (χ2v) is 5.22. The largest absolute Gasteiger partial charge is 0.504 e. The van der Waals surface area contributed by atoms with Crippen molar-refractivity contribution >= 4 is 5.91 Å². The number of rotatable bonds is 2. The molecule has 21 heavy (non-hydrogen) atoms.